The van der Waals surface area contributed by atoms with Crippen LogP contribution in [0.1, 0.15) is 21.7 Å². The van der Waals surface area contributed by atoms with Crippen molar-refractivity contribution in [2.24, 2.45) is 0 Å². The van der Waals surface area contributed by atoms with Gasteiger partial charge < -0.3 is 10.1 Å². The number of amides is 1. The Kier molecular flexibility index (Phi) is 4.90. The Labute approximate surface area is 121 Å². The van der Waals surface area contributed by atoms with Crippen molar-refractivity contribution in [3.05, 3.63) is 52.2 Å². The number of carbonyl (C=O) groups is 2. The van der Waals surface area contributed by atoms with Gasteiger partial charge in [-0.2, -0.15) is 0 Å². The summed E-state index contributed by atoms with van der Waals surface area (Å²) in [5, 5.41) is 4.50. The van der Waals surface area contributed by atoms with E-state index in [-0.39, 0.29) is 5.91 Å². The highest BCUT2D eigenvalue weighted by Crippen LogP contribution is 2.23. The van der Waals surface area contributed by atoms with Crippen LogP contribution in [0.15, 0.2) is 41.8 Å². The lowest BCUT2D eigenvalue weighted by Gasteiger charge is -2.05. The first kappa shape index (κ1) is 14.3. The van der Waals surface area contributed by atoms with E-state index in [1.54, 1.807) is 11.4 Å². The van der Waals surface area contributed by atoms with Crippen LogP contribution < -0.4 is 5.32 Å². The van der Waals surface area contributed by atoms with Crippen molar-refractivity contribution in [1.82, 2.24) is 0 Å². The number of ether oxygens (including phenoxy) is 1. The normalized spacial score (nSPS) is 10.1. The van der Waals surface area contributed by atoms with Crippen molar-refractivity contribution in [1.29, 1.82) is 0 Å². The van der Waals surface area contributed by atoms with Gasteiger partial charge in [-0.15, -0.1) is 11.3 Å². The summed E-state index contributed by atoms with van der Waals surface area (Å²) in [6, 6.07) is 11.5. The number of benzene rings is 1. The first-order valence-electron chi connectivity index (χ1n) is 6.20. The van der Waals surface area contributed by atoms with E-state index >= 15 is 0 Å². The van der Waals surface area contributed by atoms with Crippen molar-refractivity contribution < 1.29 is 14.3 Å². The van der Waals surface area contributed by atoms with Gasteiger partial charge in [0.1, 0.15) is 4.88 Å². The third-order valence-corrected chi connectivity index (χ3v) is 3.69. The second-order valence-electron chi connectivity index (χ2n) is 4.19. The van der Waals surface area contributed by atoms with E-state index in [9.17, 15) is 9.59 Å². The Morgan fingerprint density at radius 3 is 2.65 bits per heavy atom. The van der Waals surface area contributed by atoms with Crippen LogP contribution in [0, 0.1) is 0 Å². The van der Waals surface area contributed by atoms with E-state index < -0.39 is 5.97 Å². The number of hydrogen-bond donors (Lipinski definition) is 1. The first-order chi connectivity index (χ1) is 9.70. The SMILES string of the molecule is COC(=O)c1sccc1NC(=O)CCc1ccccc1. The highest BCUT2D eigenvalue weighted by atomic mass is 32.1. The van der Waals surface area contributed by atoms with Crippen LogP contribution in [0.3, 0.4) is 0 Å². The molecule has 1 N–H and O–H groups in total. The summed E-state index contributed by atoms with van der Waals surface area (Å²) < 4.78 is 4.67. The number of carbonyl (C=O) groups excluding carboxylic acids is 2. The van der Waals surface area contributed by atoms with Gasteiger partial charge in [0.2, 0.25) is 5.91 Å². The lowest BCUT2D eigenvalue weighted by atomic mass is 10.1. The number of anilines is 1. The quantitative estimate of drug-likeness (QED) is 0.860. The third kappa shape index (κ3) is 3.68. The fourth-order valence-electron chi connectivity index (χ4n) is 1.77. The largest absolute Gasteiger partial charge is 0.465 e. The molecule has 20 heavy (non-hydrogen) atoms. The van der Waals surface area contributed by atoms with Gasteiger partial charge in [-0.05, 0) is 23.4 Å². The van der Waals surface area contributed by atoms with Crippen LogP contribution in [-0.4, -0.2) is 19.0 Å². The van der Waals surface area contributed by atoms with Gasteiger partial charge in [0, 0.05) is 6.42 Å². The Balaban J connectivity index is 1.92. The minimum atomic E-state index is -0.432. The molecular weight excluding hydrogens is 274 g/mol. The molecule has 2 aromatic rings. The zero-order valence-electron chi connectivity index (χ0n) is 11.1. The fraction of sp³-hybridized carbons (Fsp3) is 0.200. The molecule has 0 bridgehead atoms. The molecule has 0 saturated carbocycles. The van der Waals surface area contributed by atoms with Crippen LogP contribution in [-0.2, 0) is 16.0 Å². The van der Waals surface area contributed by atoms with E-state index in [1.807, 2.05) is 30.3 Å². The molecule has 4 nitrogen and oxygen atoms in total. The molecule has 0 aliphatic carbocycles. The van der Waals surface area contributed by atoms with E-state index in [1.165, 1.54) is 18.4 Å². The number of hydrogen-bond acceptors (Lipinski definition) is 4. The minimum Gasteiger partial charge on any atom is -0.465 e. The highest BCUT2D eigenvalue weighted by Gasteiger charge is 2.15. The number of nitrogens with one attached hydrogen (secondary N) is 1. The van der Waals surface area contributed by atoms with Gasteiger partial charge in [0.25, 0.3) is 0 Å². The molecule has 5 heteroatoms. The summed E-state index contributed by atoms with van der Waals surface area (Å²) in [5.41, 5.74) is 1.63. The summed E-state index contributed by atoms with van der Waals surface area (Å²) in [5.74, 6) is -0.546. The standard InChI is InChI=1S/C15H15NO3S/c1-19-15(18)14-12(9-10-20-14)16-13(17)8-7-11-5-3-2-4-6-11/h2-6,9-10H,7-8H2,1H3,(H,16,17). The van der Waals surface area contributed by atoms with Crippen LogP contribution in [0.25, 0.3) is 0 Å². The molecule has 0 aliphatic rings. The van der Waals surface area contributed by atoms with Gasteiger partial charge in [0.15, 0.2) is 0 Å². The van der Waals surface area contributed by atoms with E-state index in [4.69, 9.17) is 0 Å². The zero-order valence-corrected chi connectivity index (χ0v) is 11.9. The lowest BCUT2D eigenvalue weighted by molar-refractivity contribution is -0.116. The number of aryl methyl sites for hydroxylation is 1. The fourth-order valence-corrected chi connectivity index (χ4v) is 2.54. The number of thiophene rings is 1. The monoisotopic (exact) mass is 289 g/mol. The molecule has 1 aromatic heterocycles. The van der Waals surface area contributed by atoms with Gasteiger partial charge >= 0.3 is 5.97 Å². The smallest absolute Gasteiger partial charge is 0.350 e. The minimum absolute atomic E-state index is 0.114. The lowest BCUT2D eigenvalue weighted by Crippen LogP contribution is -2.14. The average Bonchev–Trinajstić information content (AvgIpc) is 2.93. The average molecular weight is 289 g/mol. The van der Waals surface area contributed by atoms with Crippen molar-refractivity contribution in [3.63, 3.8) is 0 Å². The van der Waals surface area contributed by atoms with Crippen molar-refractivity contribution >= 4 is 28.9 Å². The van der Waals surface area contributed by atoms with E-state index in [0.29, 0.717) is 23.4 Å². The molecule has 1 amide bonds. The maximum atomic E-state index is 11.9. The predicted octanol–water partition coefficient (Wildman–Crippen LogP) is 3.11. The zero-order chi connectivity index (χ0) is 14.4. The number of methoxy groups -OCH3 is 1. The van der Waals surface area contributed by atoms with Crippen LogP contribution in [0.2, 0.25) is 0 Å². The predicted molar refractivity (Wildman–Crippen MR) is 79.1 cm³/mol. The molecule has 1 aromatic carbocycles. The topological polar surface area (TPSA) is 55.4 Å². The molecular formula is C15H15NO3S. The maximum absolute atomic E-state index is 11.9. The van der Waals surface area contributed by atoms with Crippen molar-refractivity contribution in [2.45, 2.75) is 12.8 Å². The molecule has 0 spiro atoms. The summed E-state index contributed by atoms with van der Waals surface area (Å²) in [4.78, 5) is 23.8. The van der Waals surface area contributed by atoms with Gasteiger partial charge in [-0.3, -0.25) is 4.79 Å². The van der Waals surface area contributed by atoms with Crippen LogP contribution >= 0.6 is 11.3 Å². The van der Waals surface area contributed by atoms with E-state index in [2.05, 4.69) is 10.1 Å². The molecule has 2 rings (SSSR count). The molecule has 0 saturated heterocycles. The van der Waals surface area contributed by atoms with E-state index in [0.717, 1.165) is 5.56 Å². The Hall–Kier alpha value is -2.14. The molecule has 0 radical (unpaired) electrons. The third-order valence-electron chi connectivity index (χ3n) is 2.79. The summed E-state index contributed by atoms with van der Waals surface area (Å²) in [7, 11) is 1.32. The Bertz CT molecular complexity index is 592. The van der Waals surface area contributed by atoms with Gasteiger partial charge in [0.05, 0.1) is 12.8 Å². The van der Waals surface area contributed by atoms with Crippen LogP contribution in [0.5, 0.6) is 0 Å². The van der Waals surface area contributed by atoms with Crippen molar-refractivity contribution in [3.8, 4) is 0 Å². The molecule has 0 fully saturated rings. The second kappa shape index (κ2) is 6.86. The Morgan fingerprint density at radius 1 is 1.20 bits per heavy atom. The van der Waals surface area contributed by atoms with Crippen LogP contribution in [0.4, 0.5) is 5.69 Å². The molecule has 0 unspecified atom stereocenters. The van der Waals surface area contributed by atoms with Gasteiger partial charge in [-0.1, -0.05) is 30.3 Å². The Morgan fingerprint density at radius 2 is 1.95 bits per heavy atom. The molecule has 0 atom stereocenters. The number of rotatable bonds is 5. The number of esters is 1. The first-order valence-corrected chi connectivity index (χ1v) is 7.08. The van der Waals surface area contributed by atoms with Gasteiger partial charge in [-0.25, -0.2) is 4.79 Å². The summed E-state index contributed by atoms with van der Waals surface area (Å²) in [6.45, 7) is 0. The summed E-state index contributed by atoms with van der Waals surface area (Å²) in [6.07, 6.45) is 1.05. The maximum Gasteiger partial charge on any atom is 0.350 e. The molecule has 104 valence electrons. The molecule has 0 aliphatic heterocycles. The second-order valence-corrected chi connectivity index (χ2v) is 5.10. The highest BCUT2D eigenvalue weighted by molar-refractivity contribution is 7.12. The molecule has 1 heterocycles. The summed E-state index contributed by atoms with van der Waals surface area (Å²) >= 11 is 1.25. The van der Waals surface area contributed by atoms with Crippen molar-refractivity contribution in [2.75, 3.05) is 12.4 Å².